The average molecular weight is 335 g/mol. The lowest BCUT2D eigenvalue weighted by molar-refractivity contribution is 0.111. The Morgan fingerprint density at radius 2 is 1.90 bits per heavy atom. The van der Waals surface area contributed by atoms with Crippen LogP contribution in [0.1, 0.15) is 21.5 Å². The van der Waals surface area contributed by atoms with E-state index < -0.39 is 0 Å². The van der Waals surface area contributed by atoms with Gasteiger partial charge in [-0.3, -0.25) is 4.79 Å². The first-order valence-electron chi connectivity index (χ1n) is 6.15. The molecular weight excluding hydrogens is 320 g/mol. The first-order valence-corrected chi connectivity index (χ1v) is 6.94. The number of aldehydes is 1. The molecule has 0 fully saturated rings. The Labute approximate surface area is 126 Å². The van der Waals surface area contributed by atoms with Gasteiger partial charge in [0.05, 0.1) is 12.7 Å². The van der Waals surface area contributed by atoms with Gasteiger partial charge in [0.15, 0.2) is 17.8 Å². The largest absolute Gasteiger partial charge is 0.493 e. The Bertz CT molecular complexity index is 606. The van der Waals surface area contributed by atoms with Gasteiger partial charge in [-0.05, 0) is 24.6 Å². The zero-order chi connectivity index (χ0) is 14.5. The van der Waals surface area contributed by atoms with E-state index in [4.69, 9.17) is 9.47 Å². The third-order valence-corrected chi connectivity index (χ3v) is 3.36. The molecule has 4 heteroatoms. The SMILES string of the molecule is COc1cc(Br)cc(C=O)c1OCc1ccc(C)cc1. The summed E-state index contributed by atoms with van der Waals surface area (Å²) in [4.78, 5) is 11.1. The molecule has 2 aromatic rings. The zero-order valence-corrected chi connectivity index (χ0v) is 12.9. The van der Waals surface area contributed by atoms with Crippen LogP contribution in [-0.2, 0) is 6.61 Å². The number of hydrogen-bond acceptors (Lipinski definition) is 3. The van der Waals surface area contributed by atoms with Crippen molar-refractivity contribution in [3.05, 3.63) is 57.6 Å². The molecule has 0 spiro atoms. The molecule has 0 aliphatic rings. The van der Waals surface area contributed by atoms with E-state index in [0.717, 1.165) is 16.3 Å². The highest BCUT2D eigenvalue weighted by Gasteiger charge is 2.12. The topological polar surface area (TPSA) is 35.5 Å². The van der Waals surface area contributed by atoms with Crippen LogP contribution >= 0.6 is 15.9 Å². The second kappa shape index (κ2) is 6.57. The minimum absolute atomic E-state index is 0.388. The number of hydrogen-bond donors (Lipinski definition) is 0. The van der Waals surface area contributed by atoms with Gasteiger partial charge in [0, 0.05) is 4.47 Å². The van der Waals surface area contributed by atoms with Crippen molar-refractivity contribution < 1.29 is 14.3 Å². The predicted molar refractivity (Wildman–Crippen MR) is 81.6 cm³/mol. The van der Waals surface area contributed by atoms with Crippen LogP contribution in [-0.4, -0.2) is 13.4 Å². The number of carbonyl (C=O) groups is 1. The van der Waals surface area contributed by atoms with Crippen molar-refractivity contribution in [1.29, 1.82) is 0 Å². The number of ether oxygens (including phenoxy) is 2. The van der Waals surface area contributed by atoms with E-state index in [1.54, 1.807) is 19.2 Å². The Kier molecular flexibility index (Phi) is 4.79. The summed E-state index contributed by atoms with van der Waals surface area (Å²) in [5.41, 5.74) is 2.70. The monoisotopic (exact) mass is 334 g/mol. The summed E-state index contributed by atoms with van der Waals surface area (Å²) in [6.07, 6.45) is 0.762. The lowest BCUT2D eigenvalue weighted by atomic mass is 10.1. The minimum atomic E-state index is 0.388. The van der Waals surface area contributed by atoms with Gasteiger partial charge < -0.3 is 9.47 Å². The van der Waals surface area contributed by atoms with Gasteiger partial charge >= 0.3 is 0 Å². The molecule has 20 heavy (non-hydrogen) atoms. The number of carbonyl (C=O) groups excluding carboxylic acids is 1. The molecule has 0 aliphatic carbocycles. The van der Waals surface area contributed by atoms with Crippen LogP contribution in [0.25, 0.3) is 0 Å². The summed E-state index contributed by atoms with van der Waals surface area (Å²) < 4.78 is 11.8. The standard InChI is InChI=1S/C16H15BrO3/c1-11-3-5-12(6-4-11)10-20-16-13(9-18)7-14(17)8-15(16)19-2/h3-9H,10H2,1-2H3. The predicted octanol–water partition coefficient (Wildman–Crippen LogP) is 4.16. The van der Waals surface area contributed by atoms with Gasteiger partial charge in [0.25, 0.3) is 0 Å². The molecule has 0 bridgehead atoms. The van der Waals surface area contributed by atoms with Crippen molar-refractivity contribution in [2.24, 2.45) is 0 Å². The minimum Gasteiger partial charge on any atom is -0.493 e. The molecule has 0 saturated carbocycles. The average Bonchev–Trinajstić information content (AvgIpc) is 2.46. The molecule has 0 heterocycles. The molecule has 0 radical (unpaired) electrons. The number of halogens is 1. The second-order valence-corrected chi connectivity index (χ2v) is 5.33. The normalized spacial score (nSPS) is 10.2. The lowest BCUT2D eigenvalue weighted by Crippen LogP contribution is -2.01. The quantitative estimate of drug-likeness (QED) is 0.770. The fourth-order valence-corrected chi connectivity index (χ4v) is 2.28. The van der Waals surface area contributed by atoms with Gasteiger partial charge in [0.1, 0.15) is 6.61 Å². The van der Waals surface area contributed by atoms with Gasteiger partial charge in [0.2, 0.25) is 0 Å². The molecule has 104 valence electrons. The highest BCUT2D eigenvalue weighted by Crippen LogP contribution is 2.34. The van der Waals surface area contributed by atoms with Crippen LogP contribution in [0.15, 0.2) is 40.9 Å². The molecule has 2 aromatic carbocycles. The van der Waals surface area contributed by atoms with Crippen molar-refractivity contribution in [2.45, 2.75) is 13.5 Å². The zero-order valence-electron chi connectivity index (χ0n) is 11.4. The van der Waals surface area contributed by atoms with Crippen LogP contribution in [0.2, 0.25) is 0 Å². The molecule has 2 rings (SSSR count). The van der Waals surface area contributed by atoms with E-state index in [1.165, 1.54) is 5.56 Å². The van der Waals surface area contributed by atoms with Crippen molar-refractivity contribution in [3.8, 4) is 11.5 Å². The second-order valence-electron chi connectivity index (χ2n) is 4.42. The van der Waals surface area contributed by atoms with Crippen molar-refractivity contribution in [3.63, 3.8) is 0 Å². The van der Waals surface area contributed by atoms with E-state index in [1.807, 2.05) is 31.2 Å². The summed E-state index contributed by atoms with van der Waals surface area (Å²) >= 11 is 3.34. The maximum Gasteiger partial charge on any atom is 0.172 e. The van der Waals surface area contributed by atoms with E-state index in [9.17, 15) is 4.79 Å². The van der Waals surface area contributed by atoms with E-state index in [2.05, 4.69) is 15.9 Å². The van der Waals surface area contributed by atoms with Crippen LogP contribution < -0.4 is 9.47 Å². The van der Waals surface area contributed by atoms with Crippen molar-refractivity contribution >= 4 is 22.2 Å². The molecule has 0 aromatic heterocycles. The smallest absolute Gasteiger partial charge is 0.172 e. The van der Waals surface area contributed by atoms with E-state index in [0.29, 0.717) is 23.7 Å². The van der Waals surface area contributed by atoms with Crippen LogP contribution in [0.3, 0.4) is 0 Å². The van der Waals surface area contributed by atoms with Crippen molar-refractivity contribution in [2.75, 3.05) is 7.11 Å². The molecule has 0 unspecified atom stereocenters. The molecule has 0 aliphatic heterocycles. The maximum atomic E-state index is 11.1. The number of methoxy groups -OCH3 is 1. The van der Waals surface area contributed by atoms with Crippen LogP contribution in [0.5, 0.6) is 11.5 Å². The highest BCUT2D eigenvalue weighted by atomic mass is 79.9. The first-order chi connectivity index (χ1) is 9.63. The van der Waals surface area contributed by atoms with E-state index >= 15 is 0 Å². The Morgan fingerprint density at radius 3 is 2.50 bits per heavy atom. The summed E-state index contributed by atoms with van der Waals surface area (Å²) in [5.74, 6) is 1.000. The maximum absolute atomic E-state index is 11.1. The molecular formula is C16H15BrO3. The summed E-state index contributed by atoms with van der Waals surface area (Å²) in [6.45, 7) is 2.42. The fraction of sp³-hybridized carbons (Fsp3) is 0.188. The Morgan fingerprint density at radius 1 is 1.20 bits per heavy atom. The van der Waals surface area contributed by atoms with Crippen LogP contribution in [0, 0.1) is 6.92 Å². The third kappa shape index (κ3) is 3.39. The van der Waals surface area contributed by atoms with Crippen molar-refractivity contribution in [1.82, 2.24) is 0 Å². The van der Waals surface area contributed by atoms with Gasteiger partial charge in [-0.2, -0.15) is 0 Å². The summed E-state index contributed by atoms with van der Waals surface area (Å²) in [6, 6.07) is 11.5. The van der Waals surface area contributed by atoms with Crippen LogP contribution in [0.4, 0.5) is 0 Å². The summed E-state index contributed by atoms with van der Waals surface area (Å²) in [7, 11) is 1.55. The van der Waals surface area contributed by atoms with Gasteiger partial charge in [-0.1, -0.05) is 45.8 Å². The highest BCUT2D eigenvalue weighted by molar-refractivity contribution is 9.10. The molecule has 0 N–H and O–H groups in total. The van der Waals surface area contributed by atoms with Gasteiger partial charge in [-0.25, -0.2) is 0 Å². The molecule has 3 nitrogen and oxygen atoms in total. The summed E-state index contributed by atoms with van der Waals surface area (Å²) in [5, 5.41) is 0. The molecule has 0 amide bonds. The Balaban J connectivity index is 2.24. The van der Waals surface area contributed by atoms with Gasteiger partial charge in [-0.15, -0.1) is 0 Å². The first kappa shape index (κ1) is 14.6. The van der Waals surface area contributed by atoms with E-state index in [-0.39, 0.29) is 0 Å². The number of benzene rings is 2. The fourth-order valence-electron chi connectivity index (χ4n) is 1.82. The number of rotatable bonds is 5. The lowest BCUT2D eigenvalue weighted by Gasteiger charge is -2.13. The number of aryl methyl sites for hydroxylation is 1. The molecule has 0 saturated heterocycles. The molecule has 0 atom stereocenters. The third-order valence-electron chi connectivity index (χ3n) is 2.90. The Hall–Kier alpha value is -1.81.